The molecule has 2 aliphatic heterocycles. The molecule has 2 aliphatic rings. The molecule has 0 saturated carbocycles. The number of halogens is 2. The summed E-state index contributed by atoms with van der Waals surface area (Å²) >= 11 is 14.4. The Balaban J connectivity index is 1.24. The predicted octanol–water partition coefficient (Wildman–Crippen LogP) is 5.95. The van der Waals surface area contributed by atoms with Gasteiger partial charge in [-0.3, -0.25) is 9.69 Å². The van der Waals surface area contributed by atoms with Crippen LogP contribution >= 0.6 is 34.5 Å². The zero-order chi connectivity index (χ0) is 24.6. The molecule has 2 atom stereocenters. The van der Waals surface area contributed by atoms with Crippen molar-refractivity contribution in [1.29, 1.82) is 0 Å². The highest BCUT2D eigenvalue weighted by atomic mass is 35.5. The monoisotopic (exact) mass is 538 g/mol. The van der Waals surface area contributed by atoms with Gasteiger partial charge in [-0.15, -0.1) is 0 Å². The molecule has 1 aromatic heterocycles. The van der Waals surface area contributed by atoms with Crippen LogP contribution in [0.4, 0.5) is 0 Å². The lowest BCUT2D eigenvalue weighted by atomic mass is 9.89. The number of piperidine rings is 1. The topological polar surface area (TPSA) is 42.0 Å². The van der Waals surface area contributed by atoms with E-state index >= 15 is 0 Å². The SMILES string of the molecule is CC(=O)OCCCOCC1CCN(C[C@H]2CN(Cc3ccc(Cl)cc3Cl)C[C@@H]2c2ccsc2)CC1. The van der Waals surface area contributed by atoms with Crippen molar-refractivity contribution in [2.45, 2.75) is 38.6 Å². The number of hydrogen-bond acceptors (Lipinski definition) is 6. The standard InChI is InChI=1S/C27H36Cl2N2O3S/c1-20(32)34-11-2-10-33-18-21-5-8-30(9-6-21)15-24-16-31(17-26(24)23-7-12-35-19-23)14-22-3-4-25(28)13-27(22)29/h3-4,7,12-13,19,21,24,26H,2,5-6,8-11,14-18H2,1H3/t24-,26+/m0/s1. The van der Waals surface area contributed by atoms with E-state index < -0.39 is 0 Å². The maximum absolute atomic E-state index is 10.8. The number of likely N-dealkylation sites (tertiary alicyclic amines) is 2. The van der Waals surface area contributed by atoms with Crippen LogP contribution in [0.15, 0.2) is 35.0 Å². The minimum Gasteiger partial charge on any atom is -0.466 e. The lowest BCUT2D eigenvalue weighted by molar-refractivity contribution is -0.141. The summed E-state index contributed by atoms with van der Waals surface area (Å²) in [6, 6.07) is 8.13. The van der Waals surface area contributed by atoms with Gasteiger partial charge in [-0.1, -0.05) is 29.3 Å². The third-order valence-electron chi connectivity index (χ3n) is 7.19. The Morgan fingerprint density at radius 1 is 1.11 bits per heavy atom. The Labute approximate surface area is 223 Å². The molecule has 0 N–H and O–H groups in total. The fourth-order valence-corrected chi connectivity index (χ4v) is 6.52. The maximum Gasteiger partial charge on any atom is 0.302 e. The number of ether oxygens (including phenoxy) is 2. The zero-order valence-corrected chi connectivity index (χ0v) is 22.8. The number of hydrogen-bond donors (Lipinski definition) is 0. The molecule has 2 fully saturated rings. The van der Waals surface area contributed by atoms with Gasteiger partial charge in [0, 0.05) is 68.7 Å². The van der Waals surface area contributed by atoms with Gasteiger partial charge in [0.2, 0.25) is 0 Å². The van der Waals surface area contributed by atoms with Gasteiger partial charge >= 0.3 is 5.97 Å². The van der Waals surface area contributed by atoms with Gasteiger partial charge in [0.15, 0.2) is 0 Å². The Morgan fingerprint density at radius 3 is 2.66 bits per heavy atom. The quantitative estimate of drug-likeness (QED) is 0.261. The molecule has 0 aliphatic carbocycles. The highest BCUT2D eigenvalue weighted by Crippen LogP contribution is 2.36. The second kappa shape index (κ2) is 13.4. The van der Waals surface area contributed by atoms with Crippen LogP contribution in [0, 0.1) is 11.8 Å². The number of carbonyl (C=O) groups is 1. The van der Waals surface area contributed by atoms with E-state index in [1.807, 2.05) is 12.1 Å². The second-order valence-corrected chi connectivity index (χ2v) is 11.5. The molecule has 0 amide bonds. The van der Waals surface area contributed by atoms with Gasteiger partial charge in [0.05, 0.1) is 6.61 Å². The molecule has 1 aromatic carbocycles. The van der Waals surface area contributed by atoms with Crippen LogP contribution in [0.1, 0.15) is 43.2 Å². The highest BCUT2D eigenvalue weighted by Gasteiger charge is 2.36. The summed E-state index contributed by atoms with van der Waals surface area (Å²) in [5.74, 6) is 1.58. The molecule has 3 heterocycles. The van der Waals surface area contributed by atoms with Crippen molar-refractivity contribution in [3.8, 4) is 0 Å². The fourth-order valence-electron chi connectivity index (χ4n) is 5.32. The summed E-state index contributed by atoms with van der Waals surface area (Å²) in [4.78, 5) is 16.0. The number of nitrogens with zero attached hydrogens (tertiary/aromatic N) is 2. The normalized spacial score (nSPS) is 22.0. The first-order valence-electron chi connectivity index (χ1n) is 12.6. The largest absolute Gasteiger partial charge is 0.466 e. The lowest BCUT2D eigenvalue weighted by Crippen LogP contribution is -2.39. The first kappa shape index (κ1) is 26.9. The summed E-state index contributed by atoms with van der Waals surface area (Å²) in [6.45, 7) is 9.79. The minimum absolute atomic E-state index is 0.224. The molecule has 0 bridgehead atoms. The number of rotatable bonds is 11. The molecular weight excluding hydrogens is 503 g/mol. The average Bonchev–Trinajstić information content (AvgIpc) is 3.49. The molecule has 35 heavy (non-hydrogen) atoms. The van der Waals surface area contributed by atoms with Gasteiger partial charge in [-0.2, -0.15) is 11.3 Å². The van der Waals surface area contributed by atoms with E-state index in [2.05, 4.69) is 32.7 Å². The summed E-state index contributed by atoms with van der Waals surface area (Å²) in [6.07, 6.45) is 3.13. The van der Waals surface area contributed by atoms with E-state index in [1.54, 1.807) is 11.3 Å². The molecule has 2 aromatic rings. The zero-order valence-electron chi connectivity index (χ0n) is 20.5. The third kappa shape index (κ3) is 8.17. The molecule has 0 spiro atoms. The van der Waals surface area contributed by atoms with Crippen LogP contribution in [0.3, 0.4) is 0 Å². The van der Waals surface area contributed by atoms with E-state index in [1.165, 1.54) is 25.3 Å². The number of thiophene rings is 1. The van der Waals surface area contributed by atoms with Crippen LogP contribution in [0.5, 0.6) is 0 Å². The smallest absolute Gasteiger partial charge is 0.302 e. The molecule has 2 saturated heterocycles. The van der Waals surface area contributed by atoms with Crippen LogP contribution in [-0.2, 0) is 20.8 Å². The van der Waals surface area contributed by atoms with E-state index in [-0.39, 0.29) is 5.97 Å². The van der Waals surface area contributed by atoms with Crippen molar-refractivity contribution < 1.29 is 14.3 Å². The van der Waals surface area contributed by atoms with Crippen LogP contribution in [0.2, 0.25) is 10.0 Å². The second-order valence-electron chi connectivity index (χ2n) is 9.87. The highest BCUT2D eigenvalue weighted by molar-refractivity contribution is 7.08. The third-order valence-corrected chi connectivity index (χ3v) is 8.48. The first-order chi connectivity index (χ1) is 17.0. The number of benzene rings is 1. The maximum atomic E-state index is 10.8. The molecule has 0 unspecified atom stereocenters. The van der Waals surface area contributed by atoms with Gasteiger partial charge in [0.25, 0.3) is 0 Å². The van der Waals surface area contributed by atoms with Gasteiger partial charge in [0.1, 0.15) is 0 Å². The number of esters is 1. The van der Waals surface area contributed by atoms with E-state index in [0.29, 0.717) is 36.0 Å². The molecule has 192 valence electrons. The molecular formula is C27H36Cl2N2O3S. The van der Waals surface area contributed by atoms with E-state index in [9.17, 15) is 4.79 Å². The Hall–Kier alpha value is -1.15. The van der Waals surface area contributed by atoms with Crippen LogP contribution < -0.4 is 0 Å². The average molecular weight is 540 g/mol. The number of carbonyl (C=O) groups excluding carboxylic acids is 1. The Bertz CT molecular complexity index is 935. The molecule has 8 heteroatoms. The van der Waals surface area contributed by atoms with Crippen molar-refractivity contribution in [3.05, 3.63) is 56.2 Å². The molecule has 4 rings (SSSR count). The summed E-state index contributed by atoms with van der Waals surface area (Å²) in [5.41, 5.74) is 2.62. The van der Waals surface area contributed by atoms with E-state index in [4.69, 9.17) is 32.7 Å². The van der Waals surface area contributed by atoms with E-state index in [0.717, 1.165) is 62.9 Å². The fraction of sp³-hybridized carbons (Fsp3) is 0.593. The lowest BCUT2D eigenvalue weighted by Gasteiger charge is -2.34. The summed E-state index contributed by atoms with van der Waals surface area (Å²) in [7, 11) is 0. The summed E-state index contributed by atoms with van der Waals surface area (Å²) < 4.78 is 10.8. The van der Waals surface area contributed by atoms with Gasteiger partial charge in [-0.25, -0.2) is 0 Å². The van der Waals surface area contributed by atoms with Crippen molar-refractivity contribution in [2.75, 3.05) is 52.5 Å². The van der Waals surface area contributed by atoms with Crippen LogP contribution in [0.25, 0.3) is 0 Å². The molecule has 0 radical (unpaired) electrons. The Kier molecular flexibility index (Phi) is 10.3. The van der Waals surface area contributed by atoms with Gasteiger partial charge < -0.3 is 14.4 Å². The summed E-state index contributed by atoms with van der Waals surface area (Å²) in [5, 5.41) is 5.96. The first-order valence-corrected chi connectivity index (χ1v) is 14.3. The van der Waals surface area contributed by atoms with Crippen molar-refractivity contribution >= 4 is 40.5 Å². The van der Waals surface area contributed by atoms with Crippen molar-refractivity contribution in [3.63, 3.8) is 0 Å². The Morgan fingerprint density at radius 2 is 1.94 bits per heavy atom. The van der Waals surface area contributed by atoms with Gasteiger partial charge in [-0.05, 0) is 77.9 Å². The minimum atomic E-state index is -0.224. The van der Waals surface area contributed by atoms with Crippen molar-refractivity contribution in [2.24, 2.45) is 11.8 Å². The van der Waals surface area contributed by atoms with Crippen LogP contribution in [-0.4, -0.2) is 68.3 Å². The van der Waals surface area contributed by atoms with Crippen molar-refractivity contribution in [1.82, 2.24) is 9.80 Å². The predicted molar refractivity (Wildman–Crippen MR) is 144 cm³/mol. The molecule has 5 nitrogen and oxygen atoms in total.